The molecule has 1 fully saturated rings. The minimum Gasteiger partial charge on any atom is -0.497 e. The molecular formula is C39H35NO2S. The summed E-state index contributed by atoms with van der Waals surface area (Å²) in [5.41, 5.74) is 9.53. The van der Waals surface area contributed by atoms with Crippen LogP contribution in [0.3, 0.4) is 0 Å². The molecule has 0 bridgehead atoms. The summed E-state index contributed by atoms with van der Waals surface area (Å²) in [4.78, 5) is 2.13. The van der Waals surface area contributed by atoms with E-state index >= 15 is 0 Å². The minimum atomic E-state index is -0.790. The molecule has 1 atom stereocenters. The van der Waals surface area contributed by atoms with Crippen LogP contribution in [0.25, 0.3) is 28.0 Å². The van der Waals surface area contributed by atoms with Crippen LogP contribution in [-0.2, 0) is 11.0 Å². The van der Waals surface area contributed by atoms with Crippen LogP contribution in [0.2, 0.25) is 0 Å². The standard InChI is InChI=1S/C39H35NO2S/c1-40(2)28-16-12-26(13-17-28)39(27-14-18-29(41-3)19-15-27)21-20-33-36-35(30-8-4-5-9-31(30)37(33)42-39)32-10-6-7-11-34(32)38(36)22-24-43-25-23-38/h4-21H,22-25H2,1-3H3. The zero-order valence-corrected chi connectivity index (χ0v) is 25.7. The Labute approximate surface area is 258 Å². The van der Waals surface area contributed by atoms with Gasteiger partial charge in [0, 0.05) is 47.3 Å². The van der Waals surface area contributed by atoms with Crippen molar-refractivity contribution < 1.29 is 9.47 Å². The number of nitrogens with zero attached hydrogens (tertiary/aromatic N) is 1. The average Bonchev–Trinajstić information content (AvgIpc) is 3.34. The first-order valence-electron chi connectivity index (χ1n) is 15.1. The van der Waals surface area contributed by atoms with Gasteiger partial charge in [-0.2, -0.15) is 11.8 Å². The van der Waals surface area contributed by atoms with Crippen molar-refractivity contribution in [1.82, 2.24) is 0 Å². The van der Waals surface area contributed by atoms with E-state index in [2.05, 4.69) is 128 Å². The second-order valence-electron chi connectivity index (χ2n) is 12.1. The van der Waals surface area contributed by atoms with E-state index in [9.17, 15) is 0 Å². The van der Waals surface area contributed by atoms with Crippen molar-refractivity contribution in [2.75, 3.05) is 37.6 Å². The van der Waals surface area contributed by atoms with Crippen LogP contribution in [0.1, 0.15) is 40.7 Å². The van der Waals surface area contributed by atoms with Gasteiger partial charge in [0.05, 0.1) is 7.11 Å². The number of hydrogen-bond acceptors (Lipinski definition) is 4. The van der Waals surface area contributed by atoms with E-state index < -0.39 is 5.60 Å². The maximum Gasteiger partial charge on any atom is 0.178 e. The third-order valence-corrected chi connectivity index (χ3v) is 10.8. The van der Waals surface area contributed by atoms with Crippen LogP contribution >= 0.6 is 11.8 Å². The number of fused-ring (bicyclic) bond motifs is 10. The molecule has 1 aliphatic carbocycles. The fourth-order valence-corrected chi connectivity index (χ4v) is 8.87. The van der Waals surface area contributed by atoms with Crippen molar-refractivity contribution in [2.24, 2.45) is 0 Å². The summed E-state index contributed by atoms with van der Waals surface area (Å²) >= 11 is 2.08. The monoisotopic (exact) mass is 581 g/mol. The van der Waals surface area contributed by atoms with E-state index in [1.54, 1.807) is 7.11 Å². The minimum absolute atomic E-state index is 0.00641. The van der Waals surface area contributed by atoms with Gasteiger partial charge in [0.2, 0.25) is 0 Å². The summed E-state index contributed by atoms with van der Waals surface area (Å²) in [5, 5.41) is 2.45. The molecule has 0 amide bonds. The maximum atomic E-state index is 7.49. The lowest BCUT2D eigenvalue weighted by atomic mass is 9.70. The third kappa shape index (κ3) is 3.82. The van der Waals surface area contributed by atoms with E-state index in [1.807, 2.05) is 12.1 Å². The quantitative estimate of drug-likeness (QED) is 0.211. The van der Waals surface area contributed by atoms with Gasteiger partial charge in [-0.1, -0.05) is 78.9 Å². The van der Waals surface area contributed by atoms with Crippen molar-refractivity contribution >= 4 is 34.3 Å². The highest BCUT2D eigenvalue weighted by atomic mass is 32.2. The van der Waals surface area contributed by atoms with Gasteiger partial charge >= 0.3 is 0 Å². The topological polar surface area (TPSA) is 21.7 Å². The molecule has 0 N–H and O–H groups in total. The van der Waals surface area contributed by atoms with Crippen LogP contribution in [0.15, 0.2) is 103 Å². The van der Waals surface area contributed by atoms with Crippen LogP contribution in [0.5, 0.6) is 11.5 Å². The van der Waals surface area contributed by atoms with Crippen molar-refractivity contribution in [3.05, 3.63) is 131 Å². The predicted molar refractivity (Wildman–Crippen MR) is 181 cm³/mol. The lowest BCUT2D eigenvalue weighted by Gasteiger charge is -2.41. The van der Waals surface area contributed by atoms with E-state index in [1.165, 1.54) is 50.1 Å². The number of anilines is 1. The second kappa shape index (κ2) is 9.96. The Bertz CT molecular complexity index is 1880. The van der Waals surface area contributed by atoms with Gasteiger partial charge in [-0.05, 0) is 82.3 Å². The third-order valence-electron chi connectivity index (χ3n) is 9.82. The van der Waals surface area contributed by atoms with Crippen LogP contribution in [-0.4, -0.2) is 32.7 Å². The highest BCUT2D eigenvalue weighted by molar-refractivity contribution is 7.99. The molecule has 2 heterocycles. The predicted octanol–water partition coefficient (Wildman–Crippen LogP) is 9.06. The lowest BCUT2D eigenvalue weighted by molar-refractivity contribution is 0.163. The SMILES string of the molecule is COc1ccc(C2(c3ccc(N(C)C)cc3)C=Cc3c4c(c5ccccc5c3O2)-c2ccccc2C42CCSCC2)cc1. The first-order valence-corrected chi connectivity index (χ1v) is 16.3. The normalized spacial score (nSPS) is 19.4. The summed E-state index contributed by atoms with van der Waals surface area (Å²) in [7, 11) is 5.86. The molecule has 5 aromatic rings. The molecule has 5 aromatic carbocycles. The van der Waals surface area contributed by atoms with Gasteiger partial charge in [-0.15, -0.1) is 0 Å². The van der Waals surface area contributed by atoms with Crippen LogP contribution in [0.4, 0.5) is 5.69 Å². The molecule has 0 radical (unpaired) electrons. The molecule has 0 saturated carbocycles. The van der Waals surface area contributed by atoms with Crippen LogP contribution < -0.4 is 14.4 Å². The molecule has 1 saturated heterocycles. The summed E-state index contributed by atoms with van der Waals surface area (Å²) in [6.45, 7) is 0. The molecule has 1 spiro atoms. The van der Waals surface area contributed by atoms with E-state index in [-0.39, 0.29) is 5.41 Å². The zero-order valence-electron chi connectivity index (χ0n) is 24.9. The molecule has 8 rings (SSSR count). The summed E-state index contributed by atoms with van der Waals surface area (Å²) in [5.74, 6) is 4.16. The van der Waals surface area contributed by atoms with E-state index in [0.29, 0.717) is 0 Å². The van der Waals surface area contributed by atoms with E-state index in [0.717, 1.165) is 41.2 Å². The molecule has 3 aliphatic rings. The fraction of sp³-hybridized carbons (Fsp3) is 0.231. The van der Waals surface area contributed by atoms with E-state index in [4.69, 9.17) is 9.47 Å². The average molecular weight is 582 g/mol. The first-order chi connectivity index (χ1) is 21.1. The van der Waals surface area contributed by atoms with Gasteiger partial charge < -0.3 is 14.4 Å². The second-order valence-corrected chi connectivity index (χ2v) is 13.3. The van der Waals surface area contributed by atoms with Crippen molar-refractivity contribution in [2.45, 2.75) is 23.9 Å². The molecule has 4 heteroatoms. The summed E-state index contributed by atoms with van der Waals surface area (Å²) in [6.07, 6.45) is 6.97. The Morgan fingerprint density at radius 2 is 1.42 bits per heavy atom. The highest BCUT2D eigenvalue weighted by Crippen LogP contribution is 2.61. The summed E-state index contributed by atoms with van der Waals surface area (Å²) < 4.78 is 13.0. The number of ether oxygens (including phenoxy) is 2. The highest BCUT2D eigenvalue weighted by Gasteiger charge is 2.48. The smallest absolute Gasteiger partial charge is 0.178 e. The number of thioether (sulfide) groups is 1. The van der Waals surface area contributed by atoms with Gasteiger partial charge in [0.15, 0.2) is 5.60 Å². The zero-order chi connectivity index (χ0) is 29.2. The van der Waals surface area contributed by atoms with Crippen LogP contribution in [0, 0.1) is 0 Å². The Balaban J connectivity index is 1.41. The Morgan fingerprint density at radius 1 is 0.767 bits per heavy atom. The van der Waals surface area contributed by atoms with Crippen molar-refractivity contribution in [3.8, 4) is 22.6 Å². The number of rotatable bonds is 4. The molecule has 43 heavy (non-hydrogen) atoms. The molecule has 1 unspecified atom stereocenters. The largest absolute Gasteiger partial charge is 0.497 e. The fourth-order valence-electron chi connectivity index (χ4n) is 7.68. The van der Waals surface area contributed by atoms with Gasteiger partial charge in [-0.25, -0.2) is 0 Å². The number of hydrogen-bond donors (Lipinski definition) is 0. The Hall–Kier alpha value is -4.15. The number of benzene rings is 5. The molecule has 3 nitrogen and oxygen atoms in total. The molecule has 0 aromatic heterocycles. The Kier molecular flexibility index (Phi) is 6.13. The molecule has 2 aliphatic heterocycles. The molecule has 214 valence electrons. The van der Waals surface area contributed by atoms with Gasteiger partial charge in [-0.3, -0.25) is 0 Å². The Morgan fingerprint density at radius 3 is 2.12 bits per heavy atom. The lowest BCUT2D eigenvalue weighted by Crippen LogP contribution is -2.36. The first kappa shape index (κ1) is 26.5. The molecular weight excluding hydrogens is 547 g/mol. The number of methoxy groups -OCH3 is 1. The van der Waals surface area contributed by atoms with Crippen molar-refractivity contribution in [1.29, 1.82) is 0 Å². The van der Waals surface area contributed by atoms with Crippen molar-refractivity contribution in [3.63, 3.8) is 0 Å². The van der Waals surface area contributed by atoms with Gasteiger partial charge in [0.1, 0.15) is 11.5 Å². The maximum absolute atomic E-state index is 7.49. The van der Waals surface area contributed by atoms with Gasteiger partial charge in [0.25, 0.3) is 0 Å². The summed E-state index contributed by atoms with van der Waals surface area (Å²) in [6, 6.07) is 35.1.